The van der Waals surface area contributed by atoms with Crippen LogP contribution < -0.4 is 5.32 Å². The van der Waals surface area contributed by atoms with Gasteiger partial charge in [0, 0.05) is 24.9 Å². The smallest absolute Gasteiger partial charge is 0.0700 e. The summed E-state index contributed by atoms with van der Waals surface area (Å²) in [4.78, 5) is 0. The Morgan fingerprint density at radius 1 is 1.27 bits per heavy atom. The molecule has 0 heterocycles. The minimum atomic E-state index is 0.691. The fourth-order valence-electron chi connectivity index (χ4n) is 2.00. The maximum Gasteiger partial charge on any atom is 0.0700 e. The van der Waals surface area contributed by atoms with Gasteiger partial charge in [-0.15, -0.1) is 0 Å². The molecule has 2 atom stereocenters. The number of hydrogen-bond acceptors (Lipinski definition) is 4. The fourth-order valence-corrected chi connectivity index (χ4v) is 2.97. The molecule has 1 fully saturated rings. The van der Waals surface area contributed by atoms with Gasteiger partial charge < -0.3 is 14.8 Å². The zero-order valence-electron chi connectivity index (χ0n) is 9.83. The summed E-state index contributed by atoms with van der Waals surface area (Å²) in [5, 5.41) is 4.38. The SMILES string of the molecule is COCCOCCNC1CCCC1SC. The standard InChI is InChI=1S/C11H23NO2S/c1-13-8-9-14-7-6-12-10-4-3-5-11(10)15-2/h10-12H,3-9H2,1-2H3. The molecule has 0 saturated heterocycles. The lowest BCUT2D eigenvalue weighted by molar-refractivity contribution is 0.0711. The van der Waals surface area contributed by atoms with Crippen LogP contribution in [0.4, 0.5) is 0 Å². The van der Waals surface area contributed by atoms with E-state index in [1.807, 2.05) is 11.8 Å². The predicted octanol–water partition coefficient (Wildman–Crippen LogP) is 1.52. The Morgan fingerprint density at radius 2 is 2.13 bits per heavy atom. The molecular formula is C11H23NO2S. The van der Waals surface area contributed by atoms with Gasteiger partial charge in [-0.2, -0.15) is 11.8 Å². The maximum absolute atomic E-state index is 5.41. The molecule has 4 heteroatoms. The van der Waals surface area contributed by atoms with E-state index in [-0.39, 0.29) is 0 Å². The topological polar surface area (TPSA) is 30.5 Å². The lowest BCUT2D eigenvalue weighted by Gasteiger charge is -2.19. The summed E-state index contributed by atoms with van der Waals surface area (Å²) in [5.41, 5.74) is 0. The maximum atomic E-state index is 5.41. The molecular weight excluding hydrogens is 210 g/mol. The number of methoxy groups -OCH3 is 1. The van der Waals surface area contributed by atoms with E-state index in [1.165, 1.54) is 19.3 Å². The van der Waals surface area contributed by atoms with Gasteiger partial charge in [-0.1, -0.05) is 6.42 Å². The van der Waals surface area contributed by atoms with Gasteiger partial charge in [0.25, 0.3) is 0 Å². The highest BCUT2D eigenvalue weighted by atomic mass is 32.2. The first-order valence-corrected chi connectivity index (χ1v) is 7.00. The average Bonchev–Trinajstić information content (AvgIpc) is 2.70. The van der Waals surface area contributed by atoms with Crippen molar-refractivity contribution >= 4 is 11.8 Å². The van der Waals surface area contributed by atoms with Crippen molar-refractivity contribution in [2.75, 3.05) is 39.7 Å². The molecule has 0 aromatic carbocycles. The Hall–Kier alpha value is 0.230. The molecule has 15 heavy (non-hydrogen) atoms. The summed E-state index contributed by atoms with van der Waals surface area (Å²) in [7, 11) is 1.70. The van der Waals surface area contributed by atoms with Crippen LogP contribution in [0.3, 0.4) is 0 Å². The Kier molecular flexibility index (Phi) is 7.44. The van der Waals surface area contributed by atoms with Crippen LogP contribution in [0.5, 0.6) is 0 Å². The molecule has 0 bridgehead atoms. The number of thioether (sulfide) groups is 1. The van der Waals surface area contributed by atoms with Crippen molar-refractivity contribution in [2.24, 2.45) is 0 Å². The first-order valence-electron chi connectivity index (χ1n) is 5.71. The molecule has 0 amide bonds. The highest BCUT2D eigenvalue weighted by Gasteiger charge is 2.25. The highest BCUT2D eigenvalue weighted by molar-refractivity contribution is 7.99. The minimum absolute atomic E-state index is 0.691. The average molecular weight is 233 g/mol. The molecule has 90 valence electrons. The van der Waals surface area contributed by atoms with Gasteiger partial charge in [0.2, 0.25) is 0 Å². The summed E-state index contributed by atoms with van der Waals surface area (Å²) in [6.07, 6.45) is 6.26. The van der Waals surface area contributed by atoms with Crippen molar-refractivity contribution in [3.8, 4) is 0 Å². The third kappa shape index (κ3) is 5.20. The van der Waals surface area contributed by atoms with Crippen LogP contribution in [-0.2, 0) is 9.47 Å². The monoisotopic (exact) mass is 233 g/mol. The van der Waals surface area contributed by atoms with Crippen molar-refractivity contribution in [1.82, 2.24) is 5.32 Å². The normalized spacial score (nSPS) is 26.0. The van der Waals surface area contributed by atoms with Crippen LogP contribution in [0, 0.1) is 0 Å². The number of nitrogens with one attached hydrogen (secondary N) is 1. The van der Waals surface area contributed by atoms with E-state index in [0.717, 1.165) is 18.4 Å². The van der Waals surface area contributed by atoms with Crippen molar-refractivity contribution in [1.29, 1.82) is 0 Å². The third-order valence-electron chi connectivity index (χ3n) is 2.84. The molecule has 3 nitrogen and oxygen atoms in total. The second-order valence-electron chi connectivity index (χ2n) is 3.87. The summed E-state index contributed by atoms with van der Waals surface area (Å²) in [5.74, 6) is 0. The summed E-state index contributed by atoms with van der Waals surface area (Å²) < 4.78 is 10.3. The third-order valence-corrected chi connectivity index (χ3v) is 4.01. The highest BCUT2D eigenvalue weighted by Crippen LogP contribution is 2.28. The van der Waals surface area contributed by atoms with E-state index in [9.17, 15) is 0 Å². The molecule has 0 aliphatic heterocycles. The van der Waals surface area contributed by atoms with E-state index in [0.29, 0.717) is 19.3 Å². The molecule has 1 aliphatic carbocycles. The predicted molar refractivity (Wildman–Crippen MR) is 65.6 cm³/mol. The van der Waals surface area contributed by atoms with Crippen molar-refractivity contribution in [3.05, 3.63) is 0 Å². The minimum Gasteiger partial charge on any atom is -0.382 e. The Balaban J connectivity index is 1.95. The quantitative estimate of drug-likeness (QED) is 0.644. The molecule has 0 aromatic rings. The number of rotatable bonds is 8. The van der Waals surface area contributed by atoms with Gasteiger partial charge in [-0.25, -0.2) is 0 Å². The van der Waals surface area contributed by atoms with Crippen molar-refractivity contribution in [3.63, 3.8) is 0 Å². The van der Waals surface area contributed by atoms with Crippen LogP contribution in [0.1, 0.15) is 19.3 Å². The second-order valence-corrected chi connectivity index (χ2v) is 4.95. The molecule has 2 unspecified atom stereocenters. The number of hydrogen-bond donors (Lipinski definition) is 1. The zero-order chi connectivity index (χ0) is 10.9. The second kappa shape index (κ2) is 8.39. The van der Waals surface area contributed by atoms with Crippen LogP contribution in [0.15, 0.2) is 0 Å². The van der Waals surface area contributed by atoms with Crippen LogP contribution in [-0.4, -0.2) is 51.0 Å². The largest absolute Gasteiger partial charge is 0.382 e. The van der Waals surface area contributed by atoms with E-state index >= 15 is 0 Å². The first kappa shape index (κ1) is 13.3. The zero-order valence-corrected chi connectivity index (χ0v) is 10.6. The summed E-state index contributed by atoms with van der Waals surface area (Å²) in [6, 6.07) is 0.700. The Labute approximate surface area is 97.3 Å². The van der Waals surface area contributed by atoms with Crippen LogP contribution in [0.2, 0.25) is 0 Å². The van der Waals surface area contributed by atoms with E-state index < -0.39 is 0 Å². The molecule has 0 radical (unpaired) electrons. The molecule has 0 spiro atoms. The Morgan fingerprint density at radius 3 is 2.87 bits per heavy atom. The van der Waals surface area contributed by atoms with Crippen LogP contribution >= 0.6 is 11.8 Å². The first-order chi connectivity index (χ1) is 7.38. The molecule has 1 saturated carbocycles. The number of ether oxygens (including phenoxy) is 2. The molecule has 1 N–H and O–H groups in total. The van der Waals surface area contributed by atoms with E-state index in [1.54, 1.807) is 7.11 Å². The fraction of sp³-hybridized carbons (Fsp3) is 1.00. The lowest BCUT2D eigenvalue weighted by atomic mass is 10.2. The summed E-state index contributed by atoms with van der Waals surface area (Å²) >= 11 is 1.99. The van der Waals surface area contributed by atoms with Gasteiger partial charge >= 0.3 is 0 Å². The van der Waals surface area contributed by atoms with Gasteiger partial charge in [0.15, 0.2) is 0 Å². The molecule has 0 aromatic heterocycles. The van der Waals surface area contributed by atoms with Gasteiger partial charge in [-0.05, 0) is 19.1 Å². The molecule has 1 aliphatic rings. The van der Waals surface area contributed by atoms with Gasteiger partial charge in [0.05, 0.1) is 19.8 Å². The van der Waals surface area contributed by atoms with E-state index in [2.05, 4.69) is 11.6 Å². The van der Waals surface area contributed by atoms with E-state index in [4.69, 9.17) is 9.47 Å². The van der Waals surface area contributed by atoms with Crippen molar-refractivity contribution in [2.45, 2.75) is 30.6 Å². The van der Waals surface area contributed by atoms with Gasteiger partial charge in [-0.3, -0.25) is 0 Å². The molecule has 1 rings (SSSR count). The Bertz CT molecular complexity index is 158. The summed E-state index contributed by atoms with van der Waals surface area (Å²) in [6.45, 7) is 3.15. The lowest BCUT2D eigenvalue weighted by Crippen LogP contribution is -2.36. The van der Waals surface area contributed by atoms with Crippen molar-refractivity contribution < 1.29 is 9.47 Å². The van der Waals surface area contributed by atoms with Crippen LogP contribution in [0.25, 0.3) is 0 Å². The van der Waals surface area contributed by atoms with Gasteiger partial charge in [0.1, 0.15) is 0 Å².